The molecule has 0 aliphatic heterocycles. The van der Waals surface area contributed by atoms with Crippen LogP contribution >= 0.6 is 0 Å². The van der Waals surface area contributed by atoms with Crippen LogP contribution in [-0.2, 0) is 14.3 Å². The van der Waals surface area contributed by atoms with Gasteiger partial charge in [-0.1, -0.05) is 12.8 Å². The van der Waals surface area contributed by atoms with E-state index in [0.29, 0.717) is 17.9 Å². The molecular weight excluding hydrogens is 310 g/mol. The molecule has 6 nitrogen and oxygen atoms in total. The van der Waals surface area contributed by atoms with Crippen LogP contribution in [0, 0.1) is 11.8 Å². The van der Waals surface area contributed by atoms with E-state index < -0.39 is 5.97 Å². The highest BCUT2D eigenvalue weighted by atomic mass is 16.5. The van der Waals surface area contributed by atoms with Crippen molar-refractivity contribution in [1.82, 2.24) is 5.32 Å². The Labute approximate surface area is 141 Å². The summed E-state index contributed by atoms with van der Waals surface area (Å²) in [5.74, 6) is -0.445. The van der Waals surface area contributed by atoms with Crippen LogP contribution in [0.2, 0.25) is 0 Å². The molecule has 2 rings (SSSR count). The van der Waals surface area contributed by atoms with Gasteiger partial charge in [0.25, 0.3) is 5.91 Å². The van der Waals surface area contributed by atoms with Crippen LogP contribution in [-0.4, -0.2) is 31.5 Å². The van der Waals surface area contributed by atoms with Crippen LogP contribution in [0.25, 0.3) is 0 Å². The average Bonchev–Trinajstić information content (AvgIpc) is 2.59. The van der Waals surface area contributed by atoms with E-state index in [2.05, 4.69) is 5.32 Å². The lowest BCUT2D eigenvalue weighted by Gasteiger charge is -2.29. The predicted octanol–water partition coefficient (Wildman–Crippen LogP) is 2.32. The Kier molecular flexibility index (Phi) is 6.35. The topological polar surface area (TPSA) is 81.7 Å². The first-order valence-corrected chi connectivity index (χ1v) is 8.15. The molecule has 0 aromatic heterocycles. The second kappa shape index (κ2) is 8.47. The first-order valence-electron chi connectivity index (χ1n) is 8.15. The molecule has 0 saturated heterocycles. The minimum absolute atomic E-state index is 0.107. The molecular formula is C18H23NO5. The van der Waals surface area contributed by atoms with E-state index >= 15 is 0 Å². The fourth-order valence-corrected chi connectivity index (χ4v) is 3.08. The molecule has 2 unspecified atom stereocenters. The standard InChI is InChI=1S/C18H23NO5/c1-12(20)24-15-9-7-13(8-10-15)17(21)19-11-14-5-3-4-6-16(14)18(22)23-2/h7-10,14,16H,3-6,11H2,1-2H3,(H,19,21). The van der Waals surface area contributed by atoms with Gasteiger partial charge >= 0.3 is 11.9 Å². The molecule has 1 aromatic rings. The number of carbonyl (C=O) groups is 3. The highest BCUT2D eigenvalue weighted by Gasteiger charge is 2.31. The van der Waals surface area contributed by atoms with Crippen molar-refractivity contribution < 1.29 is 23.9 Å². The molecule has 1 aliphatic carbocycles. The highest BCUT2D eigenvalue weighted by Crippen LogP contribution is 2.30. The maximum atomic E-state index is 12.2. The van der Waals surface area contributed by atoms with Crippen molar-refractivity contribution in [2.24, 2.45) is 11.8 Å². The van der Waals surface area contributed by atoms with E-state index in [1.54, 1.807) is 24.3 Å². The summed E-state index contributed by atoms with van der Waals surface area (Å²) in [6.07, 6.45) is 3.79. The van der Waals surface area contributed by atoms with Gasteiger partial charge in [0.05, 0.1) is 13.0 Å². The second-order valence-electron chi connectivity index (χ2n) is 6.00. The maximum absolute atomic E-state index is 12.2. The molecule has 2 atom stereocenters. The zero-order valence-corrected chi connectivity index (χ0v) is 14.0. The number of ether oxygens (including phenoxy) is 2. The molecule has 1 saturated carbocycles. The van der Waals surface area contributed by atoms with Gasteiger partial charge in [-0.05, 0) is 43.0 Å². The monoisotopic (exact) mass is 333 g/mol. The number of rotatable bonds is 5. The molecule has 1 aromatic carbocycles. The van der Waals surface area contributed by atoms with Gasteiger partial charge in [0, 0.05) is 19.0 Å². The zero-order chi connectivity index (χ0) is 17.5. The fourth-order valence-electron chi connectivity index (χ4n) is 3.08. The van der Waals surface area contributed by atoms with Gasteiger partial charge in [-0.25, -0.2) is 0 Å². The molecule has 6 heteroatoms. The maximum Gasteiger partial charge on any atom is 0.309 e. The summed E-state index contributed by atoms with van der Waals surface area (Å²) in [6, 6.07) is 6.36. The lowest BCUT2D eigenvalue weighted by atomic mass is 9.79. The minimum atomic E-state index is -0.404. The second-order valence-corrected chi connectivity index (χ2v) is 6.00. The van der Waals surface area contributed by atoms with Crippen molar-refractivity contribution in [3.63, 3.8) is 0 Å². The lowest BCUT2D eigenvalue weighted by molar-refractivity contribution is -0.148. The van der Waals surface area contributed by atoms with Crippen LogP contribution in [0.4, 0.5) is 0 Å². The zero-order valence-electron chi connectivity index (χ0n) is 14.0. The van der Waals surface area contributed by atoms with Crippen LogP contribution in [0.3, 0.4) is 0 Å². The summed E-state index contributed by atoms with van der Waals surface area (Å²) in [5.41, 5.74) is 0.483. The van der Waals surface area contributed by atoms with Gasteiger partial charge in [-0.2, -0.15) is 0 Å². The SMILES string of the molecule is COC(=O)C1CCCCC1CNC(=O)c1ccc(OC(C)=O)cc1. The Morgan fingerprint density at radius 3 is 2.42 bits per heavy atom. The van der Waals surface area contributed by atoms with Crippen molar-refractivity contribution >= 4 is 17.8 Å². The summed E-state index contributed by atoms with van der Waals surface area (Å²) >= 11 is 0. The summed E-state index contributed by atoms with van der Waals surface area (Å²) < 4.78 is 9.80. The third kappa shape index (κ3) is 4.81. The highest BCUT2D eigenvalue weighted by molar-refractivity contribution is 5.94. The molecule has 0 heterocycles. The van der Waals surface area contributed by atoms with Crippen molar-refractivity contribution in [1.29, 1.82) is 0 Å². The van der Waals surface area contributed by atoms with E-state index in [0.717, 1.165) is 25.7 Å². The third-order valence-corrected chi connectivity index (χ3v) is 4.32. The Morgan fingerprint density at radius 1 is 1.12 bits per heavy atom. The van der Waals surface area contributed by atoms with Crippen LogP contribution in [0.1, 0.15) is 43.0 Å². The van der Waals surface area contributed by atoms with Gasteiger partial charge in [-0.15, -0.1) is 0 Å². The number of amides is 1. The van der Waals surface area contributed by atoms with Gasteiger partial charge in [0.15, 0.2) is 0 Å². The Hall–Kier alpha value is -2.37. The number of carbonyl (C=O) groups excluding carboxylic acids is 3. The van der Waals surface area contributed by atoms with E-state index in [9.17, 15) is 14.4 Å². The van der Waals surface area contributed by atoms with Gasteiger partial charge in [0.2, 0.25) is 0 Å². The molecule has 0 bridgehead atoms. The normalized spacial score (nSPS) is 20.1. The lowest BCUT2D eigenvalue weighted by Crippen LogP contribution is -2.37. The molecule has 0 spiro atoms. The van der Waals surface area contributed by atoms with E-state index in [-0.39, 0.29) is 23.7 Å². The fraction of sp³-hybridized carbons (Fsp3) is 0.500. The number of hydrogen-bond donors (Lipinski definition) is 1. The summed E-state index contributed by atoms with van der Waals surface area (Å²) in [5, 5.41) is 2.88. The van der Waals surface area contributed by atoms with Crippen molar-refractivity contribution in [2.75, 3.05) is 13.7 Å². The molecule has 24 heavy (non-hydrogen) atoms. The van der Waals surface area contributed by atoms with Gasteiger partial charge in [0.1, 0.15) is 5.75 Å². The van der Waals surface area contributed by atoms with Crippen molar-refractivity contribution in [3.05, 3.63) is 29.8 Å². The quantitative estimate of drug-likeness (QED) is 0.660. The Morgan fingerprint density at radius 2 is 1.79 bits per heavy atom. The smallest absolute Gasteiger partial charge is 0.309 e. The Balaban J connectivity index is 1.91. The number of hydrogen-bond acceptors (Lipinski definition) is 5. The number of nitrogens with one attached hydrogen (secondary N) is 1. The summed E-state index contributed by atoms with van der Waals surface area (Å²) in [6.45, 7) is 1.77. The van der Waals surface area contributed by atoms with Gasteiger partial charge < -0.3 is 14.8 Å². The molecule has 1 N–H and O–H groups in total. The third-order valence-electron chi connectivity index (χ3n) is 4.32. The van der Waals surface area contributed by atoms with E-state index in [1.165, 1.54) is 14.0 Å². The largest absolute Gasteiger partial charge is 0.469 e. The van der Waals surface area contributed by atoms with Crippen molar-refractivity contribution in [2.45, 2.75) is 32.6 Å². The van der Waals surface area contributed by atoms with Crippen molar-refractivity contribution in [3.8, 4) is 5.75 Å². The van der Waals surface area contributed by atoms with Crippen LogP contribution in [0.15, 0.2) is 24.3 Å². The summed E-state index contributed by atoms with van der Waals surface area (Å²) in [4.78, 5) is 35.0. The van der Waals surface area contributed by atoms with E-state index in [1.807, 2.05) is 0 Å². The molecule has 0 radical (unpaired) electrons. The number of esters is 2. The first kappa shape index (κ1) is 18.0. The minimum Gasteiger partial charge on any atom is -0.469 e. The van der Waals surface area contributed by atoms with Crippen LogP contribution < -0.4 is 10.1 Å². The van der Waals surface area contributed by atoms with Gasteiger partial charge in [-0.3, -0.25) is 14.4 Å². The number of methoxy groups -OCH3 is 1. The van der Waals surface area contributed by atoms with Crippen LogP contribution in [0.5, 0.6) is 5.75 Å². The molecule has 1 amide bonds. The average molecular weight is 333 g/mol. The first-order chi connectivity index (χ1) is 11.5. The number of benzene rings is 1. The summed E-state index contributed by atoms with van der Waals surface area (Å²) in [7, 11) is 1.40. The predicted molar refractivity (Wildman–Crippen MR) is 87.5 cm³/mol. The van der Waals surface area contributed by atoms with E-state index in [4.69, 9.17) is 9.47 Å². The molecule has 130 valence electrons. The Bertz CT molecular complexity index is 596. The molecule has 1 fully saturated rings. The molecule has 1 aliphatic rings.